The number of hydrogen-bond donors (Lipinski definition) is 2. The Labute approximate surface area is 191 Å². The van der Waals surface area contributed by atoms with Crippen LogP contribution in [0.25, 0.3) is 5.76 Å². The second-order valence-corrected chi connectivity index (χ2v) is 8.21. The Kier molecular flexibility index (Phi) is 5.96. The lowest BCUT2D eigenvalue weighted by molar-refractivity contribution is -0.140. The maximum atomic E-state index is 13.1. The molecule has 33 heavy (non-hydrogen) atoms. The Morgan fingerprint density at radius 1 is 1.12 bits per heavy atom. The second-order valence-electron chi connectivity index (χ2n) is 8.21. The van der Waals surface area contributed by atoms with Crippen molar-refractivity contribution in [3.8, 4) is 11.5 Å². The van der Waals surface area contributed by atoms with E-state index >= 15 is 0 Å². The van der Waals surface area contributed by atoms with Crippen LogP contribution in [0.5, 0.6) is 11.5 Å². The molecule has 1 aliphatic heterocycles. The Hall–Kier alpha value is -4.00. The molecule has 1 amide bonds. The molecule has 170 valence electrons. The van der Waals surface area contributed by atoms with Gasteiger partial charge in [0.1, 0.15) is 23.0 Å². The summed E-state index contributed by atoms with van der Waals surface area (Å²) in [6.45, 7) is 4.06. The van der Waals surface area contributed by atoms with Gasteiger partial charge in [0, 0.05) is 5.56 Å². The van der Waals surface area contributed by atoms with E-state index in [1.165, 1.54) is 23.3 Å². The number of benzene rings is 2. The van der Waals surface area contributed by atoms with Gasteiger partial charge in [-0.25, -0.2) is 0 Å². The number of hydrogen-bond acceptors (Lipinski definition) is 6. The molecule has 1 fully saturated rings. The number of phenols is 1. The number of amides is 1. The maximum Gasteiger partial charge on any atom is 0.296 e. The summed E-state index contributed by atoms with van der Waals surface area (Å²) in [7, 11) is 1.58. The standard InChI is InChI=1S/C26H25NO6/c1-15(2)20-13-17(8-11-21(20)32-3)24(29)22-23(16-6-9-18(28)10-7-16)27(26(31)25(22)30)14-19-5-4-12-33-19/h4-13,15,23,28-29H,14H2,1-3H3/b24-22-. The molecular formula is C26H25NO6. The van der Waals surface area contributed by atoms with Gasteiger partial charge in [-0.2, -0.15) is 0 Å². The molecule has 1 atom stereocenters. The van der Waals surface area contributed by atoms with Gasteiger partial charge in [-0.15, -0.1) is 0 Å². The Balaban J connectivity index is 1.87. The van der Waals surface area contributed by atoms with Crippen LogP contribution >= 0.6 is 0 Å². The Morgan fingerprint density at radius 2 is 1.85 bits per heavy atom. The summed E-state index contributed by atoms with van der Waals surface area (Å²) in [5, 5.41) is 21.0. The molecule has 0 bridgehead atoms. The van der Waals surface area contributed by atoms with E-state index in [1.807, 2.05) is 13.8 Å². The van der Waals surface area contributed by atoms with Crippen LogP contribution in [-0.4, -0.2) is 33.9 Å². The van der Waals surface area contributed by atoms with Crippen molar-refractivity contribution in [1.82, 2.24) is 4.90 Å². The molecule has 7 nitrogen and oxygen atoms in total. The van der Waals surface area contributed by atoms with Gasteiger partial charge in [-0.05, 0) is 59.5 Å². The zero-order valence-electron chi connectivity index (χ0n) is 18.6. The predicted molar refractivity (Wildman–Crippen MR) is 122 cm³/mol. The predicted octanol–water partition coefficient (Wildman–Crippen LogP) is 4.74. The molecule has 0 saturated carbocycles. The summed E-state index contributed by atoms with van der Waals surface area (Å²) >= 11 is 0. The lowest BCUT2D eigenvalue weighted by Crippen LogP contribution is -2.29. The summed E-state index contributed by atoms with van der Waals surface area (Å²) < 4.78 is 10.8. The number of nitrogens with zero attached hydrogens (tertiary/aromatic N) is 1. The van der Waals surface area contributed by atoms with E-state index in [9.17, 15) is 19.8 Å². The van der Waals surface area contributed by atoms with Gasteiger partial charge in [0.2, 0.25) is 0 Å². The fraction of sp³-hybridized carbons (Fsp3) is 0.231. The van der Waals surface area contributed by atoms with Crippen LogP contribution < -0.4 is 4.74 Å². The third kappa shape index (κ3) is 4.09. The average Bonchev–Trinajstić information content (AvgIpc) is 3.41. The van der Waals surface area contributed by atoms with Crippen molar-refractivity contribution in [2.24, 2.45) is 0 Å². The topological polar surface area (TPSA) is 100 Å². The summed E-state index contributed by atoms with van der Waals surface area (Å²) in [5.74, 6) is -0.428. The number of aliphatic hydroxyl groups is 1. The molecule has 7 heteroatoms. The number of aromatic hydroxyl groups is 1. The number of aliphatic hydroxyl groups excluding tert-OH is 1. The second kappa shape index (κ2) is 8.86. The van der Waals surface area contributed by atoms with Crippen LogP contribution in [0.2, 0.25) is 0 Å². The number of furan rings is 1. The monoisotopic (exact) mass is 447 g/mol. The minimum Gasteiger partial charge on any atom is -0.508 e. The fourth-order valence-electron chi connectivity index (χ4n) is 4.11. The molecule has 0 spiro atoms. The number of likely N-dealkylation sites (tertiary alicyclic amines) is 1. The minimum absolute atomic E-state index is 0.0166. The molecule has 1 aromatic heterocycles. The smallest absolute Gasteiger partial charge is 0.296 e. The van der Waals surface area contributed by atoms with Crippen molar-refractivity contribution in [3.05, 3.63) is 88.9 Å². The molecular weight excluding hydrogens is 422 g/mol. The molecule has 1 unspecified atom stereocenters. The van der Waals surface area contributed by atoms with Crippen LogP contribution in [0.3, 0.4) is 0 Å². The van der Waals surface area contributed by atoms with Gasteiger partial charge < -0.3 is 24.3 Å². The fourth-order valence-corrected chi connectivity index (χ4v) is 4.11. The first-order valence-corrected chi connectivity index (χ1v) is 10.6. The van der Waals surface area contributed by atoms with Crippen LogP contribution in [-0.2, 0) is 16.1 Å². The van der Waals surface area contributed by atoms with E-state index in [-0.39, 0.29) is 29.5 Å². The number of methoxy groups -OCH3 is 1. The van der Waals surface area contributed by atoms with Crippen molar-refractivity contribution in [2.45, 2.75) is 32.4 Å². The van der Waals surface area contributed by atoms with E-state index in [0.29, 0.717) is 22.6 Å². The number of Topliss-reactive ketones (excluding diaryl/α,β-unsaturated/α-hetero) is 1. The lowest BCUT2D eigenvalue weighted by Gasteiger charge is -2.24. The van der Waals surface area contributed by atoms with Crippen molar-refractivity contribution >= 4 is 17.4 Å². The van der Waals surface area contributed by atoms with Crippen LogP contribution in [0.4, 0.5) is 0 Å². The average molecular weight is 447 g/mol. The van der Waals surface area contributed by atoms with Crippen LogP contribution in [0.1, 0.15) is 48.3 Å². The third-order valence-corrected chi connectivity index (χ3v) is 5.78. The van der Waals surface area contributed by atoms with Gasteiger partial charge >= 0.3 is 0 Å². The zero-order valence-corrected chi connectivity index (χ0v) is 18.6. The highest BCUT2D eigenvalue weighted by atomic mass is 16.5. The molecule has 0 aliphatic carbocycles. The molecule has 2 heterocycles. The number of carbonyl (C=O) groups is 2. The highest BCUT2D eigenvalue weighted by Gasteiger charge is 2.46. The van der Waals surface area contributed by atoms with Crippen molar-refractivity contribution in [2.75, 3.05) is 7.11 Å². The molecule has 3 aromatic rings. The highest BCUT2D eigenvalue weighted by Crippen LogP contribution is 2.41. The number of ketones is 1. The number of carbonyl (C=O) groups excluding carboxylic acids is 2. The van der Waals surface area contributed by atoms with E-state index in [0.717, 1.165) is 5.56 Å². The summed E-state index contributed by atoms with van der Waals surface area (Å²) in [5.41, 5.74) is 1.85. The molecule has 1 aliphatic rings. The van der Waals surface area contributed by atoms with Gasteiger partial charge in [-0.3, -0.25) is 9.59 Å². The SMILES string of the molecule is COc1ccc(/C(O)=C2/C(=O)C(=O)N(Cc3ccco3)C2c2ccc(O)cc2)cc1C(C)C. The van der Waals surface area contributed by atoms with E-state index in [4.69, 9.17) is 9.15 Å². The van der Waals surface area contributed by atoms with Gasteiger partial charge in [-0.1, -0.05) is 26.0 Å². The Bertz CT molecular complexity index is 1210. The van der Waals surface area contributed by atoms with Crippen molar-refractivity contribution < 1.29 is 29.0 Å². The molecule has 2 aromatic carbocycles. The Morgan fingerprint density at radius 3 is 2.45 bits per heavy atom. The maximum absolute atomic E-state index is 13.1. The van der Waals surface area contributed by atoms with Crippen molar-refractivity contribution in [1.29, 1.82) is 0 Å². The largest absolute Gasteiger partial charge is 0.508 e. The number of ether oxygens (including phenoxy) is 1. The first kappa shape index (κ1) is 22.2. The molecule has 4 rings (SSSR count). The molecule has 2 N–H and O–H groups in total. The minimum atomic E-state index is -0.847. The third-order valence-electron chi connectivity index (χ3n) is 5.78. The lowest BCUT2D eigenvalue weighted by atomic mass is 9.93. The first-order chi connectivity index (χ1) is 15.8. The summed E-state index contributed by atoms with van der Waals surface area (Å²) in [6, 6.07) is 13.9. The first-order valence-electron chi connectivity index (χ1n) is 10.6. The number of rotatable bonds is 6. The summed E-state index contributed by atoms with van der Waals surface area (Å²) in [6.07, 6.45) is 1.49. The van der Waals surface area contributed by atoms with E-state index < -0.39 is 17.7 Å². The number of phenolic OH excluding ortho intramolecular Hbond substituents is 1. The van der Waals surface area contributed by atoms with E-state index in [1.54, 1.807) is 49.6 Å². The summed E-state index contributed by atoms with van der Waals surface area (Å²) in [4.78, 5) is 27.5. The van der Waals surface area contributed by atoms with Gasteiger partial charge in [0.15, 0.2) is 0 Å². The van der Waals surface area contributed by atoms with Crippen LogP contribution in [0.15, 0.2) is 70.9 Å². The van der Waals surface area contributed by atoms with Crippen LogP contribution in [0, 0.1) is 0 Å². The molecule has 0 radical (unpaired) electrons. The van der Waals surface area contributed by atoms with Crippen molar-refractivity contribution in [3.63, 3.8) is 0 Å². The van der Waals surface area contributed by atoms with E-state index in [2.05, 4.69) is 0 Å². The van der Waals surface area contributed by atoms with Gasteiger partial charge in [0.05, 0.1) is 31.5 Å². The normalized spacial score (nSPS) is 17.7. The highest BCUT2D eigenvalue weighted by molar-refractivity contribution is 6.46. The zero-order chi connectivity index (χ0) is 23.7. The quantitative estimate of drug-likeness (QED) is 0.322. The van der Waals surface area contributed by atoms with Gasteiger partial charge in [0.25, 0.3) is 11.7 Å². The molecule has 1 saturated heterocycles.